The minimum atomic E-state index is -0.191. The fourth-order valence-electron chi connectivity index (χ4n) is 2.32. The van der Waals surface area contributed by atoms with Crippen molar-refractivity contribution in [3.05, 3.63) is 0 Å². The summed E-state index contributed by atoms with van der Waals surface area (Å²) < 4.78 is 5.16. The maximum Gasteiger partial charge on any atom is 0.324 e. The lowest BCUT2D eigenvalue weighted by Crippen LogP contribution is -2.48. The zero-order valence-corrected chi connectivity index (χ0v) is 12.7. The third-order valence-electron chi connectivity index (χ3n) is 3.46. The Balaban J connectivity index is 2.47. The monoisotopic (exact) mass is 271 g/mol. The molecule has 1 unspecified atom stereocenters. The summed E-state index contributed by atoms with van der Waals surface area (Å²) >= 11 is 0. The van der Waals surface area contributed by atoms with Crippen molar-refractivity contribution in [1.29, 1.82) is 0 Å². The maximum atomic E-state index is 12.0. The number of esters is 1. The molecule has 1 atom stereocenters. The number of likely N-dealkylation sites (N-methyl/N-ethyl adjacent to an activating group) is 1. The molecule has 1 saturated heterocycles. The van der Waals surface area contributed by atoms with Crippen molar-refractivity contribution in [2.45, 2.75) is 32.7 Å². The second kappa shape index (κ2) is 9.28. The summed E-state index contributed by atoms with van der Waals surface area (Å²) in [7, 11) is 2.15. The molecule has 1 heterocycles. The Morgan fingerprint density at radius 1 is 1.26 bits per heavy atom. The summed E-state index contributed by atoms with van der Waals surface area (Å²) in [6, 6.07) is -0.191. The van der Waals surface area contributed by atoms with Gasteiger partial charge in [0.1, 0.15) is 6.04 Å². The van der Waals surface area contributed by atoms with Crippen LogP contribution in [-0.4, -0.2) is 74.7 Å². The van der Waals surface area contributed by atoms with Crippen molar-refractivity contribution < 1.29 is 9.53 Å². The lowest BCUT2D eigenvalue weighted by atomic mass is 10.2. The molecule has 0 saturated carbocycles. The van der Waals surface area contributed by atoms with Gasteiger partial charge in [-0.15, -0.1) is 0 Å². The normalized spacial score (nSPS) is 19.9. The Morgan fingerprint density at radius 3 is 2.74 bits per heavy atom. The molecule has 5 nitrogen and oxygen atoms in total. The largest absolute Gasteiger partial charge is 0.465 e. The fourth-order valence-corrected chi connectivity index (χ4v) is 2.32. The van der Waals surface area contributed by atoms with Gasteiger partial charge in [-0.05, 0) is 46.4 Å². The molecule has 0 aromatic rings. The number of hydrogen-bond acceptors (Lipinski definition) is 5. The van der Waals surface area contributed by atoms with Gasteiger partial charge in [0, 0.05) is 19.6 Å². The van der Waals surface area contributed by atoms with Crippen molar-refractivity contribution in [2.24, 2.45) is 0 Å². The number of carbonyl (C=O) groups is 1. The van der Waals surface area contributed by atoms with Gasteiger partial charge in [0.25, 0.3) is 0 Å². The predicted molar refractivity (Wildman–Crippen MR) is 77.3 cm³/mol. The molecule has 1 fully saturated rings. The molecule has 112 valence electrons. The summed E-state index contributed by atoms with van der Waals surface area (Å²) in [5, 5.41) is 3.30. The molecule has 5 heteroatoms. The molecule has 0 bridgehead atoms. The van der Waals surface area contributed by atoms with E-state index in [-0.39, 0.29) is 12.0 Å². The molecule has 1 N–H and O–H groups in total. The van der Waals surface area contributed by atoms with Crippen LogP contribution in [0.15, 0.2) is 0 Å². The molecule has 0 aromatic carbocycles. The number of rotatable bonds is 7. The van der Waals surface area contributed by atoms with Crippen LogP contribution in [0.1, 0.15) is 26.7 Å². The lowest BCUT2D eigenvalue weighted by Gasteiger charge is -2.25. The highest BCUT2D eigenvalue weighted by Crippen LogP contribution is 2.03. The van der Waals surface area contributed by atoms with E-state index in [2.05, 4.69) is 29.1 Å². The van der Waals surface area contributed by atoms with Gasteiger partial charge in [-0.2, -0.15) is 0 Å². The Kier molecular flexibility index (Phi) is 8.02. The van der Waals surface area contributed by atoms with Crippen molar-refractivity contribution in [3.8, 4) is 0 Å². The van der Waals surface area contributed by atoms with E-state index in [4.69, 9.17) is 4.74 Å². The summed E-state index contributed by atoms with van der Waals surface area (Å²) in [6.07, 6.45) is 2.19. The van der Waals surface area contributed by atoms with Gasteiger partial charge in [-0.25, -0.2) is 0 Å². The Hall–Kier alpha value is -0.650. The standard InChI is InChI=1S/C14H29N3O2/c1-4-7-15-13(14(18)19-5-2)12-17-9-6-8-16(3)10-11-17/h13,15H,4-12H2,1-3H3. The highest BCUT2D eigenvalue weighted by atomic mass is 16.5. The predicted octanol–water partition coefficient (Wildman–Crippen LogP) is 0.555. The number of ether oxygens (including phenoxy) is 1. The Bertz CT molecular complexity index is 261. The minimum absolute atomic E-state index is 0.117. The van der Waals surface area contributed by atoms with E-state index >= 15 is 0 Å². The lowest BCUT2D eigenvalue weighted by molar-refractivity contribution is -0.146. The van der Waals surface area contributed by atoms with Crippen LogP contribution < -0.4 is 5.32 Å². The highest BCUT2D eigenvalue weighted by molar-refractivity contribution is 5.76. The van der Waals surface area contributed by atoms with Crippen LogP contribution in [0.4, 0.5) is 0 Å². The average Bonchev–Trinajstić information content (AvgIpc) is 2.59. The molecular formula is C14H29N3O2. The zero-order valence-electron chi connectivity index (χ0n) is 12.7. The third kappa shape index (κ3) is 6.36. The van der Waals surface area contributed by atoms with Crippen molar-refractivity contribution in [3.63, 3.8) is 0 Å². The molecule has 0 radical (unpaired) electrons. The van der Waals surface area contributed by atoms with Crippen molar-refractivity contribution >= 4 is 5.97 Å². The third-order valence-corrected chi connectivity index (χ3v) is 3.46. The molecule has 0 aromatic heterocycles. The summed E-state index contributed by atoms with van der Waals surface area (Å²) in [6.45, 7) is 10.3. The summed E-state index contributed by atoms with van der Waals surface area (Å²) in [4.78, 5) is 16.7. The molecule has 0 spiro atoms. The first-order chi connectivity index (χ1) is 9.17. The van der Waals surface area contributed by atoms with Crippen molar-refractivity contribution in [1.82, 2.24) is 15.1 Å². The van der Waals surface area contributed by atoms with Gasteiger partial charge in [0.15, 0.2) is 0 Å². The Labute approximate surface area is 117 Å². The molecule has 0 amide bonds. The molecule has 1 aliphatic rings. The first kappa shape index (κ1) is 16.4. The number of nitrogens with zero attached hydrogens (tertiary/aromatic N) is 2. The first-order valence-electron chi connectivity index (χ1n) is 7.48. The minimum Gasteiger partial charge on any atom is -0.465 e. The topological polar surface area (TPSA) is 44.8 Å². The van der Waals surface area contributed by atoms with Crippen LogP contribution in [-0.2, 0) is 9.53 Å². The van der Waals surface area contributed by atoms with Gasteiger partial charge in [0.2, 0.25) is 0 Å². The zero-order chi connectivity index (χ0) is 14.1. The van der Waals surface area contributed by atoms with E-state index in [1.807, 2.05) is 6.92 Å². The van der Waals surface area contributed by atoms with E-state index in [0.717, 1.165) is 45.7 Å². The Morgan fingerprint density at radius 2 is 2.05 bits per heavy atom. The number of nitrogens with one attached hydrogen (secondary N) is 1. The molecule has 1 rings (SSSR count). The summed E-state index contributed by atoms with van der Waals surface area (Å²) in [5.41, 5.74) is 0. The van der Waals surface area contributed by atoms with E-state index in [0.29, 0.717) is 6.61 Å². The average molecular weight is 271 g/mol. The van der Waals surface area contributed by atoms with Crippen molar-refractivity contribution in [2.75, 3.05) is 52.9 Å². The smallest absolute Gasteiger partial charge is 0.324 e. The van der Waals surface area contributed by atoms with E-state index in [1.54, 1.807) is 0 Å². The van der Waals surface area contributed by atoms with E-state index in [1.165, 1.54) is 6.42 Å². The van der Waals surface area contributed by atoms with Gasteiger partial charge in [0.05, 0.1) is 6.61 Å². The number of hydrogen-bond donors (Lipinski definition) is 1. The van der Waals surface area contributed by atoms with E-state index in [9.17, 15) is 4.79 Å². The van der Waals surface area contributed by atoms with Gasteiger partial charge in [-0.1, -0.05) is 6.92 Å². The quantitative estimate of drug-likeness (QED) is 0.685. The molecule has 19 heavy (non-hydrogen) atoms. The van der Waals surface area contributed by atoms with Gasteiger partial charge in [-0.3, -0.25) is 9.69 Å². The van der Waals surface area contributed by atoms with Crippen LogP contribution in [0.25, 0.3) is 0 Å². The summed E-state index contributed by atoms with van der Waals surface area (Å²) in [5.74, 6) is -0.117. The van der Waals surface area contributed by atoms with Crippen LogP contribution in [0, 0.1) is 0 Å². The first-order valence-corrected chi connectivity index (χ1v) is 7.48. The second-order valence-electron chi connectivity index (χ2n) is 5.22. The van der Waals surface area contributed by atoms with Gasteiger partial charge < -0.3 is 15.0 Å². The fraction of sp³-hybridized carbons (Fsp3) is 0.929. The molecule has 1 aliphatic heterocycles. The van der Waals surface area contributed by atoms with Crippen LogP contribution in [0.2, 0.25) is 0 Å². The second-order valence-corrected chi connectivity index (χ2v) is 5.22. The molecule has 0 aliphatic carbocycles. The maximum absolute atomic E-state index is 12.0. The number of carbonyl (C=O) groups excluding carboxylic acids is 1. The van der Waals surface area contributed by atoms with E-state index < -0.39 is 0 Å². The molecular weight excluding hydrogens is 242 g/mol. The van der Waals surface area contributed by atoms with Crippen LogP contribution in [0.5, 0.6) is 0 Å². The van der Waals surface area contributed by atoms with Crippen LogP contribution in [0.3, 0.4) is 0 Å². The SMILES string of the molecule is CCCNC(CN1CCCN(C)CC1)C(=O)OCC. The highest BCUT2D eigenvalue weighted by Gasteiger charge is 2.23. The van der Waals surface area contributed by atoms with Gasteiger partial charge >= 0.3 is 5.97 Å². The van der Waals surface area contributed by atoms with Crippen LogP contribution >= 0.6 is 0 Å².